The largest absolute Gasteiger partial charge is 0.497 e. The van der Waals surface area contributed by atoms with Gasteiger partial charge in [-0.15, -0.1) is 0 Å². The van der Waals surface area contributed by atoms with Gasteiger partial charge in [0.15, 0.2) is 0 Å². The smallest absolute Gasteiger partial charge is 0.266 e. The van der Waals surface area contributed by atoms with Crippen LogP contribution in [0.15, 0.2) is 77.6 Å². The van der Waals surface area contributed by atoms with Crippen LogP contribution in [-0.4, -0.2) is 16.7 Å². The van der Waals surface area contributed by atoms with Crippen molar-refractivity contribution in [3.8, 4) is 22.8 Å². The zero-order valence-electron chi connectivity index (χ0n) is 14.0. The normalized spacial score (nSPS) is 10.8. The maximum absolute atomic E-state index is 13.3. The van der Waals surface area contributed by atoms with Crippen molar-refractivity contribution >= 4 is 22.5 Å². The van der Waals surface area contributed by atoms with Crippen LogP contribution in [-0.2, 0) is 0 Å². The predicted molar refractivity (Wildman–Crippen MR) is 104 cm³/mol. The Kier molecular flexibility index (Phi) is 4.19. The van der Waals surface area contributed by atoms with Gasteiger partial charge < -0.3 is 4.74 Å². The molecule has 0 saturated carbocycles. The summed E-state index contributed by atoms with van der Waals surface area (Å²) in [7, 11) is 1.61. The van der Waals surface area contributed by atoms with Crippen LogP contribution < -0.4 is 10.3 Å². The summed E-state index contributed by atoms with van der Waals surface area (Å²) in [5.74, 6) is 1.30. The second kappa shape index (κ2) is 6.65. The Morgan fingerprint density at radius 3 is 2.38 bits per heavy atom. The average molecular weight is 363 g/mol. The van der Waals surface area contributed by atoms with E-state index in [1.54, 1.807) is 29.9 Å². The first-order valence-electron chi connectivity index (χ1n) is 8.09. The highest BCUT2D eigenvalue weighted by atomic mass is 35.5. The highest BCUT2D eigenvalue weighted by Gasteiger charge is 2.14. The zero-order valence-corrected chi connectivity index (χ0v) is 14.8. The number of benzene rings is 3. The topological polar surface area (TPSA) is 44.1 Å². The molecular weight excluding hydrogens is 348 g/mol. The number of fused-ring (bicyclic) bond motifs is 1. The molecule has 0 bridgehead atoms. The van der Waals surface area contributed by atoms with Gasteiger partial charge in [-0.05, 0) is 42.5 Å². The van der Waals surface area contributed by atoms with E-state index in [1.165, 1.54) is 0 Å². The van der Waals surface area contributed by atoms with E-state index in [9.17, 15) is 4.79 Å². The monoisotopic (exact) mass is 362 g/mol. The molecule has 4 aromatic rings. The minimum absolute atomic E-state index is 0.165. The summed E-state index contributed by atoms with van der Waals surface area (Å²) >= 11 is 6.09. The Balaban J connectivity index is 2.07. The van der Waals surface area contributed by atoms with E-state index in [-0.39, 0.29) is 5.56 Å². The molecule has 1 heterocycles. The summed E-state index contributed by atoms with van der Waals surface area (Å²) in [5, 5.41) is 0.984. The Morgan fingerprint density at radius 1 is 0.962 bits per heavy atom. The summed E-state index contributed by atoms with van der Waals surface area (Å²) in [5.41, 5.74) is 2.02. The van der Waals surface area contributed by atoms with Crippen LogP contribution in [0.25, 0.3) is 28.0 Å². The summed E-state index contributed by atoms with van der Waals surface area (Å²) in [4.78, 5) is 18.0. The number of methoxy groups -OCH3 is 1. The zero-order chi connectivity index (χ0) is 18.1. The van der Waals surface area contributed by atoms with E-state index >= 15 is 0 Å². The quantitative estimate of drug-likeness (QED) is 0.530. The molecule has 0 fully saturated rings. The lowest BCUT2D eigenvalue weighted by Crippen LogP contribution is -2.22. The van der Waals surface area contributed by atoms with Crippen LogP contribution in [0.2, 0.25) is 5.02 Å². The Hall–Kier alpha value is -3.11. The third-order valence-corrected chi connectivity index (χ3v) is 4.43. The van der Waals surface area contributed by atoms with Gasteiger partial charge in [-0.3, -0.25) is 9.36 Å². The van der Waals surface area contributed by atoms with Gasteiger partial charge in [-0.1, -0.05) is 41.9 Å². The van der Waals surface area contributed by atoms with Crippen LogP contribution in [0.1, 0.15) is 0 Å². The molecule has 0 unspecified atom stereocenters. The van der Waals surface area contributed by atoms with E-state index in [0.29, 0.717) is 27.4 Å². The second-order valence-corrected chi connectivity index (χ2v) is 6.24. The minimum atomic E-state index is -0.165. The number of ether oxygens (including phenoxy) is 1. The Morgan fingerprint density at radius 2 is 1.69 bits per heavy atom. The molecule has 0 aliphatic carbocycles. The molecule has 0 saturated heterocycles. The molecule has 0 spiro atoms. The number of halogens is 1. The number of hydrogen-bond acceptors (Lipinski definition) is 3. The van der Waals surface area contributed by atoms with Gasteiger partial charge in [0.1, 0.15) is 11.6 Å². The van der Waals surface area contributed by atoms with Gasteiger partial charge in [0, 0.05) is 10.6 Å². The van der Waals surface area contributed by atoms with Crippen molar-refractivity contribution in [1.29, 1.82) is 0 Å². The van der Waals surface area contributed by atoms with E-state index < -0.39 is 0 Å². The van der Waals surface area contributed by atoms with Crippen LogP contribution in [0.5, 0.6) is 5.75 Å². The van der Waals surface area contributed by atoms with Crippen molar-refractivity contribution in [2.24, 2.45) is 0 Å². The molecule has 4 rings (SSSR count). The SMILES string of the molecule is COc1ccc(-n2c(-c3ccccc3)nc3ccc(Cl)cc3c2=O)cc1. The number of aromatic nitrogens is 2. The van der Waals surface area contributed by atoms with Gasteiger partial charge in [-0.2, -0.15) is 0 Å². The molecule has 26 heavy (non-hydrogen) atoms. The second-order valence-electron chi connectivity index (χ2n) is 5.80. The third kappa shape index (κ3) is 2.85. The molecule has 0 amide bonds. The van der Waals surface area contributed by atoms with Crippen molar-refractivity contribution in [1.82, 2.24) is 9.55 Å². The van der Waals surface area contributed by atoms with Gasteiger partial charge in [0.2, 0.25) is 0 Å². The fourth-order valence-electron chi connectivity index (χ4n) is 2.91. The van der Waals surface area contributed by atoms with Crippen molar-refractivity contribution in [2.45, 2.75) is 0 Å². The average Bonchev–Trinajstić information content (AvgIpc) is 2.69. The maximum atomic E-state index is 13.3. The number of nitrogens with zero attached hydrogens (tertiary/aromatic N) is 2. The van der Waals surface area contributed by atoms with Gasteiger partial charge in [0.25, 0.3) is 5.56 Å². The van der Waals surface area contributed by atoms with Gasteiger partial charge in [-0.25, -0.2) is 4.98 Å². The first-order valence-corrected chi connectivity index (χ1v) is 8.47. The van der Waals surface area contributed by atoms with E-state index in [0.717, 1.165) is 11.3 Å². The van der Waals surface area contributed by atoms with Crippen molar-refractivity contribution in [3.63, 3.8) is 0 Å². The fraction of sp³-hybridized carbons (Fsp3) is 0.0476. The first kappa shape index (κ1) is 16.4. The van der Waals surface area contributed by atoms with Crippen molar-refractivity contribution in [2.75, 3.05) is 7.11 Å². The molecule has 3 aromatic carbocycles. The van der Waals surface area contributed by atoms with Gasteiger partial charge >= 0.3 is 0 Å². The molecule has 0 atom stereocenters. The summed E-state index contributed by atoms with van der Waals surface area (Å²) in [6.07, 6.45) is 0. The molecule has 0 aliphatic heterocycles. The van der Waals surface area contributed by atoms with Crippen LogP contribution in [0, 0.1) is 0 Å². The highest BCUT2D eigenvalue weighted by molar-refractivity contribution is 6.31. The lowest BCUT2D eigenvalue weighted by molar-refractivity contribution is 0.414. The summed E-state index contributed by atoms with van der Waals surface area (Å²) < 4.78 is 6.82. The summed E-state index contributed by atoms with van der Waals surface area (Å²) in [6.45, 7) is 0. The highest BCUT2D eigenvalue weighted by Crippen LogP contribution is 2.24. The lowest BCUT2D eigenvalue weighted by Gasteiger charge is -2.14. The Bertz CT molecular complexity index is 1140. The van der Waals surface area contributed by atoms with E-state index in [1.807, 2.05) is 54.6 Å². The fourth-order valence-corrected chi connectivity index (χ4v) is 3.08. The van der Waals surface area contributed by atoms with E-state index in [2.05, 4.69) is 0 Å². The van der Waals surface area contributed by atoms with Crippen molar-refractivity contribution < 1.29 is 4.74 Å². The molecular formula is C21H15ClN2O2. The minimum Gasteiger partial charge on any atom is -0.497 e. The van der Waals surface area contributed by atoms with Crippen LogP contribution in [0.3, 0.4) is 0 Å². The third-order valence-electron chi connectivity index (χ3n) is 4.19. The number of rotatable bonds is 3. The van der Waals surface area contributed by atoms with Gasteiger partial charge in [0.05, 0.1) is 23.7 Å². The molecule has 0 N–H and O–H groups in total. The van der Waals surface area contributed by atoms with Crippen LogP contribution >= 0.6 is 11.6 Å². The standard InChI is InChI=1S/C21H15ClN2O2/c1-26-17-10-8-16(9-11-17)24-20(14-5-3-2-4-6-14)23-19-12-7-15(22)13-18(19)21(24)25/h2-13H,1H3. The van der Waals surface area contributed by atoms with Crippen LogP contribution in [0.4, 0.5) is 0 Å². The predicted octanol–water partition coefficient (Wildman–Crippen LogP) is 4.71. The molecule has 4 nitrogen and oxygen atoms in total. The molecule has 5 heteroatoms. The van der Waals surface area contributed by atoms with E-state index in [4.69, 9.17) is 21.3 Å². The number of hydrogen-bond donors (Lipinski definition) is 0. The molecule has 1 aromatic heterocycles. The lowest BCUT2D eigenvalue weighted by atomic mass is 10.1. The maximum Gasteiger partial charge on any atom is 0.266 e. The summed E-state index contributed by atoms with van der Waals surface area (Å²) in [6, 6.07) is 22.1. The molecule has 128 valence electrons. The first-order chi connectivity index (χ1) is 12.7. The molecule has 0 radical (unpaired) electrons. The Labute approximate surface area is 155 Å². The van der Waals surface area contributed by atoms with Crippen molar-refractivity contribution in [3.05, 3.63) is 88.2 Å². The molecule has 0 aliphatic rings.